The molecule has 0 aliphatic heterocycles. The molecule has 3 aromatic rings. The molecule has 9 heteroatoms. The van der Waals surface area contributed by atoms with Gasteiger partial charge in [0, 0.05) is 49.8 Å². The van der Waals surface area contributed by atoms with Gasteiger partial charge in [0.05, 0.1) is 6.42 Å². The van der Waals surface area contributed by atoms with E-state index in [9.17, 15) is 9.59 Å². The molecule has 4 N–H and O–H groups in total. The van der Waals surface area contributed by atoms with Crippen LogP contribution >= 0.6 is 11.6 Å². The third kappa shape index (κ3) is 8.37. The van der Waals surface area contributed by atoms with Crippen LogP contribution in [0.2, 0.25) is 5.02 Å². The van der Waals surface area contributed by atoms with E-state index < -0.39 is 0 Å². The highest BCUT2D eigenvalue weighted by Gasteiger charge is 2.08. The maximum absolute atomic E-state index is 12.2. The average molecular weight is 481 g/mol. The fraction of sp³-hybridized carbons (Fsp3) is 0.280. The zero-order valence-corrected chi connectivity index (χ0v) is 20.1. The van der Waals surface area contributed by atoms with Crippen LogP contribution in [-0.2, 0) is 16.0 Å². The van der Waals surface area contributed by atoms with Crippen molar-refractivity contribution in [2.24, 2.45) is 0 Å². The lowest BCUT2D eigenvalue weighted by atomic mass is 10.1. The summed E-state index contributed by atoms with van der Waals surface area (Å²) >= 11 is 6.01. The van der Waals surface area contributed by atoms with Crippen molar-refractivity contribution in [2.75, 3.05) is 36.8 Å². The van der Waals surface area contributed by atoms with Crippen LogP contribution in [0.3, 0.4) is 0 Å². The van der Waals surface area contributed by atoms with Crippen molar-refractivity contribution < 1.29 is 9.59 Å². The first-order valence-electron chi connectivity index (χ1n) is 11.1. The predicted molar refractivity (Wildman–Crippen MR) is 136 cm³/mol. The molecule has 0 spiro atoms. The average Bonchev–Trinajstić information content (AvgIpc) is 2.81. The minimum absolute atomic E-state index is 0.0319. The van der Waals surface area contributed by atoms with Crippen molar-refractivity contribution >= 4 is 35.1 Å². The van der Waals surface area contributed by atoms with Crippen molar-refractivity contribution in [2.45, 2.75) is 20.3 Å². The number of nitrogens with one attached hydrogen (secondary N) is 4. The highest BCUT2D eigenvalue weighted by Crippen LogP contribution is 2.22. The molecule has 1 heterocycles. The fourth-order valence-corrected chi connectivity index (χ4v) is 3.26. The summed E-state index contributed by atoms with van der Waals surface area (Å²) in [5, 5.41) is 12.7. The van der Waals surface area contributed by atoms with Crippen LogP contribution in [0.1, 0.15) is 18.1 Å². The molecule has 0 saturated heterocycles. The van der Waals surface area contributed by atoms with Gasteiger partial charge in [0.25, 0.3) is 0 Å². The highest BCUT2D eigenvalue weighted by molar-refractivity contribution is 6.30. The summed E-state index contributed by atoms with van der Waals surface area (Å²) < 4.78 is 0. The SMILES string of the molecule is CC(=O)NCCNc1cc(NCCNC(=O)Cc2ccc(C)cc2)nc(-c2ccc(Cl)cc2)n1. The van der Waals surface area contributed by atoms with E-state index in [1.54, 1.807) is 18.2 Å². The van der Waals surface area contributed by atoms with Gasteiger partial charge in [0.2, 0.25) is 11.8 Å². The number of hydrogen-bond donors (Lipinski definition) is 4. The molecule has 3 rings (SSSR count). The first-order valence-corrected chi connectivity index (χ1v) is 11.5. The Labute approximate surface area is 204 Å². The van der Waals surface area contributed by atoms with Crippen LogP contribution < -0.4 is 21.3 Å². The number of halogens is 1. The standard InChI is InChI=1S/C25H29ClN6O2/c1-17-3-5-19(6-4-17)15-24(34)30-14-13-29-23-16-22(28-12-11-27-18(2)33)31-25(32-23)20-7-9-21(26)10-8-20/h3-10,16H,11-15H2,1-2H3,(H,27,33)(H,30,34)(H2,28,29,31,32). The second kappa shape index (κ2) is 12.6. The number of carbonyl (C=O) groups is 2. The lowest BCUT2D eigenvalue weighted by Crippen LogP contribution is -2.30. The molecule has 0 bridgehead atoms. The van der Waals surface area contributed by atoms with Crippen molar-refractivity contribution in [1.82, 2.24) is 20.6 Å². The van der Waals surface area contributed by atoms with Gasteiger partial charge in [-0.15, -0.1) is 0 Å². The molecular weight excluding hydrogens is 452 g/mol. The second-order valence-electron chi connectivity index (χ2n) is 7.82. The van der Waals surface area contributed by atoms with E-state index in [4.69, 9.17) is 11.6 Å². The summed E-state index contributed by atoms with van der Waals surface area (Å²) in [6.07, 6.45) is 0.344. The van der Waals surface area contributed by atoms with Gasteiger partial charge in [-0.05, 0) is 36.8 Å². The Morgan fingerprint density at radius 3 is 2.00 bits per heavy atom. The Morgan fingerprint density at radius 2 is 1.41 bits per heavy atom. The summed E-state index contributed by atoms with van der Waals surface area (Å²) in [6, 6.07) is 17.0. The van der Waals surface area contributed by atoms with Gasteiger partial charge in [0.1, 0.15) is 11.6 Å². The van der Waals surface area contributed by atoms with E-state index >= 15 is 0 Å². The Bertz CT molecular complexity index is 1100. The third-order valence-corrected chi connectivity index (χ3v) is 5.12. The lowest BCUT2D eigenvalue weighted by molar-refractivity contribution is -0.120. The molecular formula is C25H29ClN6O2. The van der Waals surface area contributed by atoms with Gasteiger partial charge in [-0.2, -0.15) is 0 Å². The van der Waals surface area contributed by atoms with E-state index in [1.165, 1.54) is 12.5 Å². The lowest BCUT2D eigenvalue weighted by Gasteiger charge is -2.12. The molecule has 0 aliphatic carbocycles. The molecule has 0 fully saturated rings. The number of amides is 2. The second-order valence-corrected chi connectivity index (χ2v) is 8.25. The minimum Gasteiger partial charge on any atom is -0.368 e. The molecule has 178 valence electrons. The topological polar surface area (TPSA) is 108 Å². The zero-order valence-electron chi connectivity index (χ0n) is 19.3. The molecule has 0 atom stereocenters. The van der Waals surface area contributed by atoms with Crippen LogP contribution in [0.25, 0.3) is 11.4 Å². The number of nitrogens with zero attached hydrogens (tertiary/aromatic N) is 2. The molecule has 34 heavy (non-hydrogen) atoms. The predicted octanol–water partition coefficient (Wildman–Crippen LogP) is 3.42. The maximum Gasteiger partial charge on any atom is 0.224 e. The van der Waals surface area contributed by atoms with Crippen LogP contribution in [0, 0.1) is 6.92 Å². The number of rotatable bonds is 11. The number of carbonyl (C=O) groups excluding carboxylic acids is 2. The Balaban J connectivity index is 1.58. The van der Waals surface area contributed by atoms with Gasteiger partial charge >= 0.3 is 0 Å². The summed E-state index contributed by atoms with van der Waals surface area (Å²) in [5.41, 5.74) is 2.97. The molecule has 0 radical (unpaired) electrons. The van der Waals surface area contributed by atoms with Gasteiger partial charge < -0.3 is 21.3 Å². The monoisotopic (exact) mass is 480 g/mol. The number of aromatic nitrogens is 2. The number of aryl methyl sites for hydroxylation is 1. The summed E-state index contributed by atoms with van der Waals surface area (Å²) in [7, 11) is 0. The summed E-state index contributed by atoms with van der Waals surface area (Å²) in [5.74, 6) is 1.66. The maximum atomic E-state index is 12.2. The molecule has 2 amide bonds. The largest absolute Gasteiger partial charge is 0.368 e. The van der Waals surface area contributed by atoms with E-state index in [0.717, 1.165) is 11.1 Å². The molecule has 8 nitrogen and oxygen atoms in total. The van der Waals surface area contributed by atoms with Crippen molar-refractivity contribution in [3.8, 4) is 11.4 Å². The van der Waals surface area contributed by atoms with Gasteiger partial charge in [-0.1, -0.05) is 41.4 Å². The Morgan fingerprint density at radius 1 is 0.824 bits per heavy atom. The first kappa shape index (κ1) is 25.0. The molecule has 0 aliphatic rings. The van der Waals surface area contributed by atoms with Crippen LogP contribution in [0.4, 0.5) is 11.6 Å². The normalized spacial score (nSPS) is 10.4. The third-order valence-electron chi connectivity index (χ3n) is 4.87. The quantitative estimate of drug-likeness (QED) is 0.313. The zero-order chi connectivity index (χ0) is 24.3. The van der Waals surface area contributed by atoms with Crippen molar-refractivity contribution in [3.05, 3.63) is 70.7 Å². The minimum atomic E-state index is -0.0851. The molecule has 1 aromatic heterocycles. The first-order chi connectivity index (χ1) is 16.4. The molecule has 0 unspecified atom stereocenters. The van der Waals surface area contributed by atoms with E-state index in [-0.39, 0.29) is 11.8 Å². The smallest absolute Gasteiger partial charge is 0.224 e. The van der Waals surface area contributed by atoms with E-state index in [1.807, 2.05) is 43.3 Å². The fourth-order valence-electron chi connectivity index (χ4n) is 3.13. The van der Waals surface area contributed by atoms with Crippen molar-refractivity contribution in [3.63, 3.8) is 0 Å². The Hall–Kier alpha value is -3.65. The van der Waals surface area contributed by atoms with E-state index in [0.29, 0.717) is 55.1 Å². The van der Waals surface area contributed by atoms with Gasteiger partial charge in [0.15, 0.2) is 5.82 Å². The van der Waals surface area contributed by atoms with Gasteiger partial charge in [-0.3, -0.25) is 9.59 Å². The summed E-state index contributed by atoms with van der Waals surface area (Å²) in [4.78, 5) is 32.4. The van der Waals surface area contributed by atoms with Crippen LogP contribution in [0.15, 0.2) is 54.6 Å². The van der Waals surface area contributed by atoms with Crippen LogP contribution in [-0.4, -0.2) is 48.0 Å². The molecule has 2 aromatic carbocycles. The van der Waals surface area contributed by atoms with Gasteiger partial charge in [-0.25, -0.2) is 9.97 Å². The highest BCUT2D eigenvalue weighted by atomic mass is 35.5. The number of benzene rings is 2. The van der Waals surface area contributed by atoms with Crippen molar-refractivity contribution in [1.29, 1.82) is 0 Å². The van der Waals surface area contributed by atoms with Crippen LogP contribution in [0.5, 0.6) is 0 Å². The van der Waals surface area contributed by atoms with E-state index in [2.05, 4.69) is 31.2 Å². The summed E-state index contributed by atoms with van der Waals surface area (Å²) in [6.45, 7) is 5.45. The molecule has 0 saturated carbocycles. The number of hydrogen-bond acceptors (Lipinski definition) is 6. The Kier molecular flexibility index (Phi) is 9.22. The number of anilines is 2.